The summed E-state index contributed by atoms with van der Waals surface area (Å²) in [5.74, 6) is -1.38. The molecule has 37 heavy (non-hydrogen) atoms. The zero-order valence-electron chi connectivity index (χ0n) is 20.5. The van der Waals surface area contributed by atoms with Crippen LogP contribution in [0.4, 0.5) is 9.52 Å². The average molecular weight is 550 g/mol. The number of benzene rings is 1. The van der Waals surface area contributed by atoms with Crippen LogP contribution < -0.4 is 5.32 Å². The number of methoxy groups -OCH3 is 1. The molecule has 9 nitrogen and oxygen atoms in total. The van der Waals surface area contributed by atoms with Crippen molar-refractivity contribution >= 4 is 49.9 Å². The summed E-state index contributed by atoms with van der Waals surface area (Å²) in [6.45, 7) is 2.96. The number of carbonyl (C=O) groups is 1. The maximum absolute atomic E-state index is 13.5. The molecular weight excluding hydrogens is 521 g/mol. The molecule has 5 atom stereocenters. The number of aliphatic hydroxyl groups excluding tert-OH is 2. The molecule has 0 bridgehead atoms. The standard InChI is InChI=1S/C25H29ClFN5O4S/c1-13-19(32-11-20(34)16(12-33)23(32)35)10-17(26)22(28-13)14-5-7-31(8-6-14)25(36-2)30-24-29-18-4-3-15(27)9-21(18)37-24/h3-5,9-10,13,16,19-20,25,33-34H,6-8,11-12H2,1-2H3,(H,29,30). The monoisotopic (exact) mass is 549 g/mol. The Morgan fingerprint density at radius 3 is 2.89 bits per heavy atom. The summed E-state index contributed by atoms with van der Waals surface area (Å²) in [4.78, 5) is 25.6. The van der Waals surface area contributed by atoms with E-state index in [9.17, 15) is 19.4 Å². The molecule has 5 rings (SSSR count). The van der Waals surface area contributed by atoms with Crippen molar-refractivity contribution in [1.29, 1.82) is 0 Å². The van der Waals surface area contributed by atoms with Crippen LogP contribution in [0.3, 0.4) is 0 Å². The predicted molar refractivity (Wildman–Crippen MR) is 141 cm³/mol. The van der Waals surface area contributed by atoms with Crippen molar-refractivity contribution in [3.63, 3.8) is 0 Å². The van der Waals surface area contributed by atoms with E-state index in [4.69, 9.17) is 21.3 Å². The number of fused-ring (bicyclic) bond motifs is 1. The Labute approximate surface area is 222 Å². The summed E-state index contributed by atoms with van der Waals surface area (Å²) in [6.07, 6.45) is 3.26. The number of anilines is 1. The van der Waals surface area contributed by atoms with Crippen LogP contribution in [0.25, 0.3) is 10.2 Å². The van der Waals surface area contributed by atoms with Gasteiger partial charge in [0.15, 0.2) is 11.5 Å². The highest BCUT2D eigenvalue weighted by Gasteiger charge is 2.44. The molecule has 0 aliphatic carbocycles. The van der Waals surface area contributed by atoms with Crippen molar-refractivity contribution in [2.45, 2.75) is 37.9 Å². The molecule has 4 heterocycles. The molecule has 12 heteroatoms. The number of carbonyl (C=O) groups excluding carboxylic acids is 1. The first kappa shape index (κ1) is 26.2. The van der Waals surface area contributed by atoms with Crippen molar-refractivity contribution in [3.8, 4) is 0 Å². The molecule has 0 saturated carbocycles. The van der Waals surface area contributed by atoms with Gasteiger partial charge in [0, 0.05) is 26.7 Å². The highest BCUT2D eigenvalue weighted by atomic mass is 35.5. The Kier molecular flexibility index (Phi) is 7.62. The summed E-state index contributed by atoms with van der Waals surface area (Å²) >= 11 is 8.02. The molecule has 1 amide bonds. The minimum absolute atomic E-state index is 0.150. The van der Waals surface area contributed by atoms with Gasteiger partial charge in [0.05, 0.1) is 51.7 Å². The van der Waals surface area contributed by atoms with Gasteiger partial charge in [-0.2, -0.15) is 0 Å². The number of hydrogen-bond donors (Lipinski definition) is 3. The lowest BCUT2D eigenvalue weighted by Crippen LogP contribution is -2.46. The van der Waals surface area contributed by atoms with Gasteiger partial charge in [-0.25, -0.2) is 9.37 Å². The van der Waals surface area contributed by atoms with Crippen LogP contribution in [0, 0.1) is 11.7 Å². The van der Waals surface area contributed by atoms with Gasteiger partial charge >= 0.3 is 0 Å². The quantitative estimate of drug-likeness (QED) is 0.455. The molecule has 1 fully saturated rings. The molecular formula is C25H29ClFN5O4S. The third kappa shape index (κ3) is 5.16. The van der Waals surface area contributed by atoms with Crippen molar-refractivity contribution in [2.24, 2.45) is 10.9 Å². The van der Waals surface area contributed by atoms with E-state index in [1.807, 2.05) is 13.0 Å². The number of aliphatic hydroxyl groups is 2. The van der Waals surface area contributed by atoms with Crippen LogP contribution >= 0.6 is 22.9 Å². The molecule has 0 radical (unpaired) electrons. The normalized spacial score (nSPS) is 27.8. The van der Waals surface area contributed by atoms with E-state index in [0.717, 1.165) is 15.8 Å². The first-order valence-corrected chi connectivity index (χ1v) is 13.3. The summed E-state index contributed by atoms with van der Waals surface area (Å²) in [5.41, 5.74) is 2.46. The van der Waals surface area contributed by atoms with E-state index < -0.39 is 18.4 Å². The fourth-order valence-corrected chi connectivity index (χ4v) is 6.24. The number of allylic oxidation sites excluding steroid dienone is 1. The van der Waals surface area contributed by atoms with E-state index in [-0.39, 0.29) is 37.0 Å². The Balaban J connectivity index is 1.25. The fourth-order valence-electron chi connectivity index (χ4n) is 5.04. The van der Waals surface area contributed by atoms with Gasteiger partial charge in [-0.05, 0) is 43.2 Å². The van der Waals surface area contributed by atoms with E-state index in [2.05, 4.69) is 21.3 Å². The first-order valence-electron chi connectivity index (χ1n) is 12.1. The molecule has 1 aromatic carbocycles. The van der Waals surface area contributed by atoms with Gasteiger partial charge < -0.3 is 25.2 Å². The number of amides is 1. The van der Waals surface area contributed by atoms with Crippen LogP contribution in [-0.4, -0.2) is 94.5 Å². The van der Waals surface area contributed by atoms with Crippen LogP contribution in [0.15, 0.2) is 45.9 Å². The number of β-amino-alcohol motifs (C(OH)–C–C–N with tert-alkyl or cyclic N) is 1. The van der Waals surface area contributed by atoms with Gasteiger partial charge in [0.1, 0.15) is 5.82 Å². The van der Waals surface area contributed by atoms with E-state index in [1.165, 1.54) is 23.5 Å². The molecule has 198 valence electrons. The second-order valence-electron chi connectivity index (χ2n) is 9.41. The smallest absolute Gasteiger partial charge is 0.231 e. The minimum Gasteiger partial charge on any atom is -0.395 e. The maximum Gasteiger partial charge on any atom is 0.231 e. The second kappa shape index (κ2) is 10.8. The van der Waals surface area contributed by atoms with Crippen LogP contribution in [-0.2, 0) is 9.53 Å². The molecule has 3 N–H and O–H groups in total. The number of ether oxygens (including phenoxy) is 1. The molecule has 1 saturated heterocycles. The number of halogens is 2. The van der Waals surface area contributed by atoms with Crippen molar-refractivity contribution in [3.05, 3.63) is 46.8 Å². The SMILES string of the molecule is COC(Nc1nc2ccc(F)cc2s1)N1CC=C(C2=NC(C)C(N3CC(O)C(CO)C3=O)C=C2Cl)CC1. The largest absolute Gasteiger partial charge is 0.395 e. The molecule has 0 spiro atoms. The summed E-state index contributed by atoms with van der Waals surface area (Å²) in [5, 5.41) is 24.0. The average Bonchev–Trinajstić information content (AvgIpc) is 3.42. The topological polar surface area (TPSA) is 111 Å². The predicted octanol–water partition coefficient (Wildman–Crippen LogP) is 2.56. The van der Waals surface area contributed by atoms with Gasteiger partial charge in [-0.15, -0.1) is 0 Å². The zero-order valence-corrected chi connectivity index (χ0v) is 22.0. The number of nitrogens with one attached hydrogen (secondary N) is 1. The Morgan fingerprint density at radius 1 is 1.41 bits per heavy atom. The number of likely N-dealkylation sites (tertiary alicyclic amines) is 1. The van der Waals surface area contributed by atoms with Gasteiger partial charge in [0.25, 0.3) is 0 Å². The number of rotatable bonds is 7. The highest BCUT2D eigenvalue weighted by molar-refractivity contribution is 7.22. The van der Waals surface area contributed by atoms with Crippen molar-refractivity contribution < 1.29 is 24.1 Å². The number of nitrogens with zero attached hydrogens (tertiary/aromatic N) is 4. The minimum atomic E-state index is -0.902. The number of dihydropyridines is 1. The van der Waals surface area contributed by atoms with Crippen LogP contribution in [0.5, 0.6) is 0 Å². The Morgan fingerprint density at radius 2 is 2.22 bits per heavy atom. The third-order valence-corrected chi connectivity index (χ3v) is 8.33. The molecule has 1 aromatic heterocycles. The summed E-state index contributed by atoms with van der Waals surface area (Å²) in [7, 11) is 1.62. The van der Waals surface area contributed by atoms with E-state index >= 15 is 0 Å². The zero-order chi connectivity index (χ0) is 26.3. The Hall–Kier alpha value is -2.41. The molecule has 5 unspecified atom stereocenters. The Bertz CT molecular complexity index is 1280. The number of thiazole rings is 1. The van der Waals surface area contributed by atoms with Crippen LogP contribution in [0.1, 0.15) is 13.3 Å². The third-order valence-electron chi connectivity index (χ3n) is 7.07. The maximum atomic E-state index is 13.5. The number of aliphatic imine (C=N–C) groups is 1. The van der Waals surface area contributed by atoms with E-state index in [1.54, 1.807) is 18.1 Å². The lowest BCUT2D eigenvalue weighted by Gasteiger charge is -2.35. The van der Waals surface area contributed by atoms with Crippen LogP contribution in [0.2, 0.25) is 0 Å². The van der Waals surface area contributed by atoms with Gasteiger partial charge in [-0.1, -0.05) is 29.0 Å². The highest BCUT2D eigenvalue weighted by Crippen LogP contribution is 2.31. The molecule has 3 aliphatic heterocycles. The van der Waals surface area contributed by atoms with Gasteiger partial charge in [-0.3, -0.25) is 14.7 Å². The van der Waals surface area contributed by atoms with Crippen molar-refractivity contribution in [1.82, 2.24) is 14.8 Å². The lowest BCUT2D eigenvalue weighted by atomic mass is 9.96. The summed E-state index contributed by atoms with van der Waals surface area (Å²) < 4.78 is 20.0. The number of hydrogen-bond acceptors (Lipinski definition) is 9. The number of aromatic nitrogens is 1. The molecule has 3 aliphatic rings. The molecule has 2 aromatic rings. The first-order chi connectivity index (χ1) is 17.8. The van der Waals surface area contributed by atoms with Gasteiger partial charge in [0.2, 0.25) is 5.91 Å². The second-order valence-corrected chi connectivity index (χ2v) is 10.8. The lowest BCUT2D eigenvalue weighted by molar-refractivity contribution is -0.133. The fraction of sp³-hybridized carbons (Fsp3) is 0.480. The van der Waals surface area contributed by atoms with Crippen molar-refractivity contribution in [2.75, 3.05) is 38.7 Å². The summed E-state index contributed by atoms with van der Waals surface area (Å²) in [6, 6.07) is 3.90. The van der Waals surface area contributed by atoms with E-state index in [0.29, 0.717) is 35.4 Å².